The minimum Gasteiger partial charge on any atom is -0.317 e. The molecule has 1 atom stereocenters. The summed E-state index contributed by atoms with van der Waals surface area (Å²) < 4.78 is 0. The summed E-state index contributed by atoms with van der Waals surface area (Å²) in [4.78, 5) is 12.6. The van der Waals surface area contributed by atoms with E-state index in [-0.39, 0.29) is 11.8 Å². The molecule has 19 heavy (non-hydrogen) atoms. The van der Waals surface area contributed by atoms with Crippen LogP contribution in [0, 0.1) is 11.8 Å². The maximum Gasteiger partial charge on any atom is 0.256 e. The second kappa shape index (κ2) is 5.13. The number of hydrazone groups is 1. The molecular formula is C15H19N3O. The van der Waals surface area contributed by atoms with Gasteiger partial charge in [0.05, 0.1) is 11.6 Å². The first-order valence-electron chi connectivity index (χ1n) is 6.92. The SMILES string of the molecule is CC1=NN(c2ccccc2)C(=O)C1C1CCNCC1. The number of amides is 1. The predicted octanol–water partition coefficient (Wildman–Crippen LogP) is 2.02. The van der Waals surface area contributed by atoms with E-state index in [9.17, 15) is 4.79 Å². The molecule has 4 heteroatoms. The lowest BCUT2D eigenvalue weighted by Crippen LogP contribution is -2.38. The van der Waals surface area contributed by atoms with Crippen LogP contribution in [0.15, 0.2) is 35.4 Å². The zero-order valence-corrected chi connectivity index (χ0v) is 11.2. The number of carbonyl (C=O) groups excluding carboxylic acids is 1. The van der Waals surface area contributed by atoms with Crippen molar-refractivity contribution in [2.45, 2.75) is 19.8 Å². The van der Waals surface area contributed by atoms with E-state index < -0.39 is 0 Å². The molecular weight excluding hydrogens is 238 g/mol. The molecule has 1 unspecified atom stereocenters. The van der Waals surface area contributed by atoms with Crippen molar-refractivity contribution in [1.82, 2.24) is 5.32 Å². The van der Waals surface area contributed by atoms with Gasteiger partial charge in [0, 0.05) is 5.71 Å². The Morgan fingerprint density at radius 3 is 2.58 bits per heavy atom. The first-order valence-corrected chi connectivity index (χ1v) is 6.92. The summed E-state index contributed by atoms with van der Waals surface area (Å²) >= 11 is 0. The first-order chi connectivity index (χ1) is 9.27. The van der Waals surface area contributed by atoms with E-state index in [0.29, 0.717) is 5.92 Å². The van der Waals surface area contributed by atoms with E-state index in [2.05, 4.69) is 10.4 Å². The van der Waals surface area contributed by atoms with Crippen LogP contribution in [0.3, 0.4) is 0 Å². The summed E-state index contributed by atoms with van der Waals surface area (Å²) in [5.74, 6) is 0.545. The van der Waals surface area contributed by atoms with Gasteiger partial charge in [-0.25, -0.2) is 5.01 Å². The van der Waals surface area contributed by atoms with Crippen molar-refractivity contribution >= 4 is 17.3 Å². The highest BCUT2D eigenvalue weighted by Gasteiger charge is 2.39. The third kappa shape index (κ3) is 2.28. The molecule has 0 spiro atoms. The van der Waals surface area contributed by atoms with Crippen molar-refractivity contribution in [1.29, 1.82) is 0 Å². The molecule has 1 aromatic rings. The van der Waals surface area contributed by atoms with Gasteiger partial charge in [-0.2, -0.15) is 5.10 Å². The zero-order chi connectivity index (χ0) is 13.2. The number of nitrogens with zero attached hydrogens (tertiary/aromatic N) is 2. The first kappa shape index (κ1) is 12.4. The zero-order valence-electron chi connectivity index (χ0n) is 11.2. The summed E-state index contributed by atoms with van der Waals surface area (Å²) in [5.41, 5.74) is 1.82. The van der Waals surface area contributed by atoms with E-state index >= 15 is 0 Å². The van der Waals surface area contributed by atoms with Crippen LogP contribution in [0.1, 0.15) is 19.8 Å². The van der Waals surface area contributed by atoms with Gasteiger partial charge >= 0.3 is 0 Å². The largest absolute Gasteiger partial charge is 0.317 e. The second-order valence-electron chi connectivity index (χ2n) is 5.29. The average molecular weight is 257 g/mol. The van der Waals surface area contributed by atoms with Gasteiger partial charge in [0.1, 0.15) is 0 Å². The van der Waals surface area contributed by atoms with Crippen LogP contribution in [0.2, 0.25) is 0 Å². The van der Waals surface area contributed by atoms with Crippen molar-refractivity contribution in [3.05, 3.63) is 30.3 Å². The fraction of sp³-hybridized carbons (Fsp3) is 0.467. The van der Waals surface area contributed by atoms with E-state index in [4.69, 9.17) is 0 Å². The number of nitrogens with one attached hydrogen (secondary N) is 1. The minimum atomic E-state index is -0.0256. The fourth-order valence-electron chi connectivity index (χ4n) is 3.05. The number of rotatable bonds is 2. The lowest BCUT2D eigenvalue weighted by Gasteiger charge is -2.27. The number of piperidine rings is 1. The number of hydrogen-bond donors (Lipinski definition) is 1. The van der Waals surface area contributed by atoms with Crippen LogP contribution in [0.25, 0.3) is 0 Å². The Bertz CT molecular complexity index is 491. The maximum atomic E-state index is 12.6. The highest BCUT2D eigenvalue weighted by Crippen LogP contribution is 2.32. The van der Waals surface area contributed by atoms with E-state index in [1.807, 2.05) is 37.3 Å². The van der Waals surface area contributed by atoms with Gasteiger partial charge < -0.3 is 5.32 Å². The molecule has 0 aromatic heterocycles. The lowest BCUT2D eigenvalue weighted by atomic mass is 9.82. The molecule has 2 aliphatic rings. The smallest absolute Gasteiger partial charge is 0.256 e. The number of benzene rings is 1. The molecule has 2 heterocycles. The molecule has 2 aliphatic heterocycles. The van der Waals surface area contributed by atoms with Crippen molar-refractivity contribution in [2.75, 3.05) is 18.1 Å². The average Bonchev–Trinajstić information content (AvgIpc) is 2.76. The normalized spacial score (nSPS) is 24.7. The highest BCUT2D eigenvalue weighted by molar-refractivity contribution is 6.15. The van der Waals surface area contributed by atoms with Gasteiger partial charge in [0.15, 0.2) is 0 Å². The van der Waals surface area contributed by atoms with Crippen molar-refractivity contribution in [3.63, 3.8) is 0 Å². The maximum absolute atomic E-state index is 12.6. The monoisotopic (exact) mass is 257 g/mol. The Kier molecular flexibility index (Phi) is 3.34. The van der Waals surface area contributed by atoms with Gasteiger partial charge in [-0.1, -0.05) is 18.2 Å². The van der Waals surface area contributed by atoms with Gasteiger partial charge in [0.2, 0.25) is 0 Å². The molecule has 0 aliphatic carbocycles. The van der Waals surface area contributed by atoms with Gasteiger partial charge in [0.25, 0.3) is 5.91 Å². The van der Waals surface area contributed by atoms with E-state index in [0.717, 1.165) is 37.3 Å². The summed E-state index contributed by atoms with van der Waals surface area (Å²) in [6.07, 6.45) is 2.12. The summed E-state index contributed by atoms with van der Waals surface area (Å²) in [6, 6.07) is 9.68. The Labute approximate surface area is 113 Å². The summed E-state index contributed by atoms with van der Waals surface area (Å²) in [5, 5.41) is 9.39. The second-order valence-corrected chi connectivity index (χ2v) is 5.29. The highest BCUT2D eigenvalue weighted by atomic mass is 16.2. The molecule has 4 nitrogen and oxygen atoms in total. The molecule has 1 aromatic carbocycles. The predicted molar refractivity (Wildman–Crippen MR) is 76.1 cm³/mol. The van der Waals surface area contributed by atoms with Crippen LogP contribution in [0.5, 0.6) is 0 Å². The molecule has 0 saturated carbocycles. The number of hydrogen-bond acceptors (Lipinski definition) is 3. The summed E-state index contributed by atoms with van der Waals surface area (Å²) in [6.45, 7) is 3.99. The lowest BCUT2D eigenvalue weighted by molar-refractivity contribution is -0.121. The Morgan fingerprint density at radius 2 is 1.89 bits per heavy atom. The Morgan fingerprint density at radius 1 is 1.21 bits per heavy atom. The van der Waals surface area contributed by atoms with Crippen molar-refractivity contribution < 1.29 is 4.79 Å². The minimum absolute atomic E-state index is 0.0256. The van der Waals surface area contributed by atoms with Crippen LogP contribution in [0.4, 0.5) is 5.69 Å². The van der Waals surface area contributed by atoms with Crippen LogP contribution >= 0.6 is 0 Å². The summed E-state index contributed by atoms with van der Waals surface area (Å²) in [7, 11) is 0. The molecule has 0 bridgehead atoms. The van der Waals surface area contributed by atoms with Gasteiger partial charge in [-0.05, 0) is 50.9 Å². The third-order valence-corrected chi connectivity index (χ3v) is 4.04. The molecule has 100 valence electrons. The van der Waals surface area contributed by atoms with E-state index in [1.54, 1.807) is 5.01 Å². The Balaban J connectivity index is 1.83. The Hall–Kier alpha value is -1.68. The number of anilines is 1. The van der Waals surface area contributed by atoms with Crippen LogP contribution in [-0.4, -0.2) is 24.7 Å². The number of para-hydroxylation sites is 1. The van der Waals surface area contributed by atoms with E-state index in [1.165, 1.54) is 0 Å². The van der Waals surface area contributed by atoms with Crippen LogP contribution in [-0.2, 0) is 4.79 Å². The molecule has 0 radical (unpaired) electrons. The molecule has 1 saturated heterocycles. The fourth-order valence-corrected chi connectivity index (χ4v) is 3.05. The standard InChI is InChI=1S/C15H19N3O/c1-11-14(12-7-9-16-10-8-12)15(19)18(17-11)13-5-3-2-4-6-13/h2-6,12,14,16H,7-10H2,1H3. The molecule has 1 fully saturated rings. The topological polar surface area (TPSA) is 44.7 Å². The third-order valence-electron chi connectivity index (χ3n) is 4.04. The van der Waals surface area contributed by atoms with Crippen molar-refractivity contribution in [3.8, 4) is 0 Å². The van der Waals surface area contributed by atoms with Gasteiger partial charge in [-0.3, -0.25) is 4.79 Å². The number of carbonyl (C=O) groups is 1. The van der Waals surface area contributed by atoms with Gasteiger partial charge in [-0.15, -0.1) is 0 Å². The molecule has 1 N–H and O–H groups in total. The van der Waals surface area contributed by atoms with Crippen LogP contribution < -0.4 is 10.3 Å². The van der Waals surface area contributed by atoms with Crippen molar-refractivity contribution in [2.24, 2.45) is 16.9 Å². The molecule has 3 rings (SSSR count). The quantitative estimate of drug-likeness (QED) is 0.881. The molecule has 1 amide bonds.